The van der Waals surface area contributed by atoms with Crippen LogP contribution in [0.15, 0.2) is 22.7 Å². The number of benzene rings is 1. The summed E-state index contributed by atoms with van der Waals surface area (Å²) in [6.07, 6.45) is 0.112. The van der Waals surface area contributed by atoms with E-state index in [0.29, 0.717) is 5.02 Å². The van der Waals surface area contributed by atoms with Crippen molar-refractivity contribution in [3.63, 3.8) is 0 Å². The Morgan fingerprint density at radius 2 is 2.21 bits per heavy atom. The first-order valence-electron chi connectivity index (χ1n) is 5.45. The van der Waals surface area contributed by atoms with Gasteiger partial charge in [-0.05, 0) is 33.6 Å². The SMILES string of the molecule is COCC(NC(=O)Cc1ccc(Br)c(Cl)c1)C(N)=O. The summed E-state index contributed by atoms with van der Waals surface area (Å²) in [7, 11) is 1.43. The second kappa shape index (κ2) is 7.47. The molecule has 1 unspecified atom stereocenters. The number of primary amides is 1. The zero-order valence-corrected chi connectivity index (χ0v) is 12.6. The number of ether oxygens (including phenoxy) is 1. The molecule has 19 heavy (non-hydrogen) atoms. The van der Waals surface area contributed by atoms with Crippen LogP contribution in [-0.4, -0.2) is 31.6 Å². The van der Waals surface area contributed by atoms with E-state index in [1.807, 2.05) is 0 Å². The maximum atomic E-state index is 11.8. The Bertz CT molecular complexity index is 482. The largest absolute Gasteiger partial charge is 0.382 e. The lowest BCUT2D eigenvalue weighted by atomic mass is 10.1. The van der Waals surface area contributed by atoms with Gasteiger partial charge in [0.15, 0.2) is 0 Å². The first kappa shape index (κ1) is 15.9. The van der Waals surface area contributed by atoms with Gasteiger partial charge >= 0.3 is 0 Å². The average molecular weight is 350 g/mol. The van der Waals surface area contributed by atoms with Crippen molar-refractivity contribution in [2.45, 2.75) is 12.5 Å². The van der Waals surface area contributed by atoms with E-state index in [4.69, 9.17) is 22.1 Å². The quantitative estimate of drug-likeness (QED) is 0.811. The second-order valence-corrected chi connectivity index (χ2v) is 5.16. The third-order valence-corrected chi connectivity index (χ3v) is 3.59. The van der Waals surface area contributed by atoms with Crippen molar-refractivity contribution in [3.8, 4) is 0 Å². The van der Waals surface area contributed by atoms with Crippen molar-refractivity contribution in [3.05, 3.63) is 33.3 Å². The summed E-state index contributed by atoms with van der Waals surface area (Å²) in [6.45, 7) is 0.0438. The molecule has 0 saturated heterocycles. The van der Waals surface area contributed by atoms with Gasteiger partial charge in [0.25, 0.3) is 0 Å². The van der Waals surface area contributed by atoms with Crippen LogP contribution in [0.1, 0.15) is 5.56 Å². The molecule has 0 aliphatic rings. The van der Waals surface area contributed by atoms with Crippen LogP contribution in [0.2, 0.25) is 5.02 Å². The number of rotatable bonds is 6. The van der Waals surface area contributed by atoms with Gasteiger partial charge < -0.3 is 15.8 Å². The fraction of sp³-hybridized carbons (Fsp3) is 0.333. The highest BCUT2D eigenvalue weighted by Gasteiger charge is 2.17. The maximum absolute atomic E-state index is 11.8. The number of carbonyl (C=O) groups is 2. The van der Waals surface area contributed by atoms with Crippen LogP contribution in [0.4, 0.5) is 0 Å². The first-order valence-corrected chi connectivity index (χ1v) is 6.62. The Morgan fingerprint density at radius 3 is 2.74 bits per heavy atom. The van der Waals surface area contributed by atoms with Crippen LogP contribution in [0.3, 0.4) is 0 Å². The number of amides is 2. The van der Waals surface area contributed by atoms with Crippen LogP contribution in [0.5, 0.6) is 0 Å². The van der Waals surface area contributed by atoms with Crippen molar-refractivity contribution in [2.75, 3.05) is 13.7 Å². The van der Waals surface area contributed by atoms with Gasteiger partial charge in [-0.15, -0.1) is 0 Å². The van der Waals surface area contributed by atoms with Gasteiger partial charge in [-0.3, -0.25) is 9.59 Å². The molecule has 0 aliphatic carbocycles. The first-order chi connectivity index (χ1) is 8.93. The summed E-state index contributed by atoms with van der Waals surface area (Å²) < 4.78 is 5.57. The number of nitrogens with two attached hydrogens (primary N) is 1. The Balaban J connectivity index is 2.63. The molecule has 0 bridgehead atoms. The highest BCUT2D eigenvalue weighted by Crippen LogP contribution is 2.23. The number of hydrogen-bond acceptors (Lipinski definition) is 3. The van der Waals surface area contributed by atoms with Crippen LogP contribution < -0.4 is 11.1 Å². The van der Waals surface area contributed by atoms with Gasteiger partial charge in [-0.1, -0.05) is 17.7 Å². The number of carbonyl (C=O) groups excluding carboxylic acids is 2. The highest BCUT2D eigenvalue weighted by molar-refractivity contribution is 9.10. The second-order valence-electron chi connectivity index (χ2n) is 3.90. The van der Waals surface area contributed by atoms with Crippen LogP contribution in [-0.2, 0) is 20.7 Å². The molecule has 1 rings (SSSR count). The van der Waals surface area contributed by atoms with Gasteiger partial charge in [0.05, 0.1) is 18.1 Å². The summed E-state index contributed by atoms with van der Waals surface area (Å²) in [5, 5.41) is 3.03. The summed E-state index contributed by atoms with van der Waals surface area (Å²) in [5.74, 6) is -0.955. The predicted molar refractivity (Wildman–Crippen MR) is 75.9 cm³/mol. The molecule has 1 aromatic carbocycles. The zero-order valence-electron chi connectivity index (χ0n) is 10.3. The van der Waals surface area contributed by atoms with E-state index in [0.717, 1.165) is 10.0 Å². The van der Waals surface area contributed by atoms with Crippen LogP contribution in [0, 0.1) is 0 Å². The topological polar surface area (TPSA) is 81.4 Å². The third kappa shape index (κ3) is 5.18. The summed E-state index contributed by atoms with van der Waals surface area (Å²) in [4.78, 5) is 22.8. The molecular weight excluding hydrogens is 336 g/mol. The average Bonchev–Trinajstić information content (AvgIpc) is 2.33. The molecule has 1 atom stereocenters. The lowest BCUT2D eigenvalue weighted by molar-refractivity contribution is -0.128. The summed E-state index contributed by atoms with van der Waals surface area (Å²) >= 11 is 9.20. The number of hydrogen-bond donors (Lipinski definition) is 2. The normalized spacial score (nSPS) is 11.9. The predicted octanol–water partition coefficient (Wildman–Crippen LogP) is 1.26. The summed E-state index contributed by atoms with van der Waals surface area (Å²) in [6, 6.07) is 4.38. The van der Waals surface area contributed by atoms with E-state index < -0.39 is 11.9 Å². The van der Waals surface area contributed by atoms with Crippen LogP contribution in [0.25, 0.3) is 0 Å². The molecule has 0 spiro atoms. The van der Waals surface area contributed by atoms with Gasteiger partial charge in [-0.25, -0.2) is 0 Å². The Kier molecular flexibility index (Phi) is 6.27. The molecule has 3 N–H and O–H groups in total. The lowest BCUT2D eigenvalue weighted by Gasteiger charge is -2.14. The van der Waals surface area contributed by atoms with E-state index in [1.54, 1.807) is 18.2 Å². The van der Waals surface area contributed by atoms with Crippen molar-refractivity contribution in [2.24, 2.45) is 5.73 Å². The molecule has 104 valence electrons. The number of methoxy groups -OCH3 is 1. The Hall–Kier alpha value is -1.11. The van der Waals surface area contributed by atoms with E-state index in [-0.39, 0.29) is 18.9 Å². The van der Waals surface area contributed by atoms with Crippen LogP contribution >= 0.6 is 27.5 Å². The number of halogens is 2. The maximum Gasteiger partial charge on any atom is 0.242 e. The molecular formula is C12H14BrClN2O3. The molecule has 5 nitrogen and oxygen atoms in total. The molecule has 0 saturated carbocycles. The monoisotopic (exact) mass is 348 g/mol. The molecule has 1 aromatic rings. The Labute approximate surface area is 124 Å². The lowest BCUT2D eigenvalue weighted by Crippen LogP contribution is -2.47. The molecule has 0 aliphatic heterocycles. The summed E-state index contributed by atoms with van der Waals surface area (Å²) in [5.41, 5.74) is 5.89. The fourth-order valence-corrected chi connectivity index (χ4v) is 1.89. The smallest absolute Gasteiger partial charge is 0.242 e. The van der Waals surface area contributed by atoms with Gasteiger partial charge in [0, 0.05) is 11.6 Å². The minimum atomic E-state index is -0.830. The minimum absolute atomic E-state index is 0.0438. The molecule has 2 amide bonds. The van der Waals surface area contributed by atoms with E-state index in [9.17, 15) is 9.59 Å². The molecule has 7 heteroatoms. The number of nitrogens with one attached hydrogen (secondary N) is 1. The minimum Gasteiger partial charge on any atom is -0.382 e. The third-order valence-electron chi connectivity index (χ3n) is 2.36. The van der Waals surface area contributed by atoms with E-state index in [1.165, 1.54) is 7.11 Å². The fourth-order valence-electron chi connectivity index (χ4n) is 1.44. The highest BCUT2D eigenvalue weighted by atomic mass is 79.9. The Morgan fingerprint density at radius 1 is 1.53 bits per heavy atom. The molecule has 0 radical (unpaired) electrons. The van der Waals surface area contributed by atoms with Gasteiger partial charge in [0.2, 0.25) is 11.8 Å². The standard InChI is InChI=1S/C12H14BrClN2O3/c1-19-6-10(12(15)18)16-11(17)5-7-2-3-8(13)9(14)4-7/h2-4,10H,5-6H2,1H3,(H2,15,18)(H,16,17). The molecule has 0 aromatic heterocycles. The van der Waals surface area contributed by atoms with E-state index in [2.05, 4.69) is 21.2 Å². The van der Waals surface area contributed by atoms with Gasteiger partial charge in [-0.2, -0.15) is 0 Å². The molecule has 0 heterocycles. The van der Waals surface area contributed by atoms with Crippen molar-refractivity contribution in [1.82, 2.24) is 5.32 Å². The van der Waals surface area contributed by atoms with E-state index >= 15 is 0 Å². The van der Waals surface area contributed by atoms with Crippen molar-refractivity contribution in [1.29, 1.82) is 0 Å². The molecule has 0 fully saturated rings. The van der Waals surface area contributed by atoms with Crippen molar-refractivity contribution >= 4 is 39.3 Å². The van der Waals surface area contributed by atoms with Gasteiger partial charge in [0.1, 0.15) is 6.04 Å². The zero-order chi connectivity index (χ0) is 14.4. The van der Waals surface area contributed by atoms with Crippen molar-refractivity contribution < 1.29 is 14.3 Å².